The molecule has 0 aliphatic rings. The number of anilines is 2. The van der Waals surface area contributed by atoms with Crippen LogP contribution >= 0.6 is 0 Å². The molecule has 3 heteroatoms. The fraction of sp³-hybridized carbons (Fsp3) is 0.706. The van der Waals surface area contributed by atoms with Crippen molar-refractivity contribution in [3.63, 3.8) is 0 Å². The Kier molecular flexibility index (Phi) is 9.72. The van der Waals surface area contributed by atoms with Crippen molar-refractivity contribution < 1.29 is 0 Å². The lowest BCUT2D eigenvalue weighted by molar-refractivity contribution is 0.581. The average molecular weight is 277 g/mol. The number of hydrogen-bond acceptors (Lipinski definition) is 3. The van der Waals surface area contributed by atoms with E-state index in [9.17, 15) is 0 Å². The highest BCUT2D eigenvalue weighted by Gasteiger charge is 1.95. The number of rotatable bonds is 12. The quantitative estimate of drug-likeness (QED) is 0.524. The number of pyridine rings is 1. The lowest BCUT2D eigenvalue weighted by Crippen LogP contribution is -2.04. The Balaban J connectivity index is 1.98. The lowest BCUT2D eigenvalue weighted by atomic mass is 10.1. The highest BCUT2D eigenvalue weighted by atomic mass is 15.0. The largest absolute Gasteiger partial charge is 0.384 e. The van der Waals surface area contributed by atoms with Gasteiger partial charge < -0.3 is 10.6 Å². The summed E-state index contributed by atoms with van der Waals surface area (Å²) in [5.41, 5.74) is 1.09. The molecule has 0 amide bonds. The zero-order valence-electron chi connectivity index (χ0n) is 13.3. The summed E-state index contributed by atoms with van der Waals surface area (Å²) in [6.07, 6.45) is 12.8. The Labute approximate surface area is 124 Å². The zero-order chi connectivity index (χ0) is 14.5. The Morgan fingerprint density at radius 3 is 2.15 bits per heavy atom. The van der Waals surface area contributed by atoms with E-state index >= 15 is 0 Å². The predicted octanol–water partition coefficient (Wildman–Crippen LogP) is 5.07. The second kappa shape index (κ2) is 11.6. The highest BCUT2D eigenvalue weighted by molar-refractivity contribution is 5.46. The van der Waals surface area contributed by atoms with Gasteiger partial charge in [-0.3, -0.25) is 0 Å². The molecule has 0 spiro atoms. The second-order valence-corrected chi connectivity index (χ2v) is 5.36. The predicted molar refractivity (Wildman–Crippen MR) is 89.5 cm³/mol. The Bertz CT molecular complexity index is 322. The van der Waals surface area contributed by atoms with Crippen molar-refractivity contribution in [2.75, 3.05) is 23.7 Å². The average Bonchev–Trinajstić information content (AvgIpc) is 2.47. The van der Waals surface area contributed by atoms with E-state index in [0.717, 1.165) is 24.6 Å². The minimum Gasteiger partial charge on any atom is -0.384 e. The maximum absolute atomic E-state index is 4.39. The number of aromatic nitrogens is 1. The summed E-state index contributed by atoms with van der Waals surface area (Å²) in [4.78, 5) is 4.39. The van der Waals surface area contributed by atoms with Gasteiger partial charge in [-0.2, -0.15) is 0 Å². The number of unbranched alkanes of at least 4 members (excludes halogenated alkanes) is 7. The van der Waals surface area contributed by atoms with E-state index in [1.165, 1.54) is 51.4 Å². The summed E-state index contributed by atoms with van der Waals surface area (Å²) < 4.78 is 0. The molecule has 1 aromatic heterocycles. The van der Waals surface area contributed by atoms with Crippen LogP contribution in [0, 0.1) is 0 Å². The topological polar surface area (TPSA) is 37.0 Å². The zero-order valence-corrected chi connectivity index (χ0v) is 13.3. The highest BCUT2D eigenvalue weighted by Crippen LogP contribution is 2.11. The molecule has 0 atom stereocenters. The van der Waals surface area contributed by atoms with Gasteiger partial charge in [-0.25, -0.2) is 4.98 Å². The standard InChI is InChI=1S/C17H31N3/c1-3-5-6-7-8-9-10-11-14-19-17-13-12-16(15-20-17)18-4-2/h12-13,15,18H,3-11,14H2,1-2H3,(H,19,20). The first-order valence-electron chi connectivity index (χ1n) is 8.30. The summed E-state index contributed by atoms with van der Waals surface area (Å²) in [5, 5.41) is 6.64. The third-order valence-electron chi connectivity index (χ3n) is 3.48. The molecule has 1 aromatic rings. The Morgan fingerprint density at radius 2 is 1.55 bits per heavy atom. The van der Waals surface area contributed by atoms with Crippen molar-refractivity contribution >= 4 is 11.5 Å². The Morgan fingerprint density at radius 1 is 0.850 bits per heavy atom. The van der Waals surface area contributed by atoms with E-state index in [1.807, 2.05) is 12.3 Å². The smallest absolute Gasteiger partial charge is 0.126 e. The fourth-order valence-corrected chi connectivity index (χ4v) is 2.28. The normalized spacial score (nSPS) is 10.5. The van der Waals surface area contributed by atoms with Gasteiger partial charge in [0.1, 0.15) is 5.82 Å². The van der Waals surface area contributed by atoms with Crippen LogP contribution in [0.5, 0.6) is 0 Å². The SMILES string of the molecule is CCCCCCCCCCNc1ccc(NCC)cn1. The van der Waals surface area contributed by atoms with E-state index in [-0.39, 0.29) is 0 Å². The molecular weight excluding hydrogens is 246 g/mol. The minimum atomic E-state index is 0.937. The first kappa shape index (κ1) is 16.8. The Hall–Kier alpha value is -1.25. The van der Waals surface area contributed by atoms with Crippen molar-refractivity contribution in [2.24, 2.45) is 0 Å². The summed E-state index contributed by atoms with van der Waals surface area (Å²) >= 11 is 0. The van der Waals surface area contributed by atoms with Gasteiger partial charge in [0.2, 0.25) is 0 Å². The third-order valence-corrected chi connectivity index (χ3v) is 3.48. The van der Waals surface area contributed by atoms with Crippen LogP contribution in [-0.2, 0) is 0 Å². The van der Waals surface area contributed by atoms with Crippen LogP contribution in [0.2, 0.25) is 0 Å². The molecule has 0 aliphatic heterocycles. The van der Waals surface area contributed by atoms with Gasteiger partial charge in [-0.15, -0.1) is 0 Å². The van der Waals surface area contributed by atoms with E-state index < -0.39 is 0 Å². The van der Waals surface area contributed by atoms with Gasteiger partial charge in [0.15, 0.2) is 0 Å². The summed E-state index contributed by atoms with van der Waals surface area (Å²) in [6, 6.07) is 4.12. The van der Waals surface area contributed by atoms with Crippen LogP contribution in [0.1, 0.15) is 65.2 Å². The van der Waals surface area contributed by atoms with E-state index in [4.69, 9.17) is 0 Å². The molecule has 0 saturated heterocycles. The van der Waals surface area contributed by atoms with Gasteiger partial charge in [0.25, 0.3) is 0 Å². The summed E-state index contributed by atoms with van der Waals surface area (Å²) in [5.74, 6) is 0.981. The third kappa shape index (κ3) is 8.03. The van der Waals surface area contributed by atoms with Gasteiger partial charge in [-0.1, -0.05) is 51.9 Å². The lowest BCUT2D eigenvalue weighted by Gasteiger charge is -2.07. The number of hydrogen-bond donors (Lipinski definition) is 2. The minimum absolute atomic E-state index is 0.937. The molecule has 0 aliphatic carbocycles. The molecule has 0 unspecified atom stereocenters. The van der Waals surface area contributed by atoms with Crippen LogP contribution < -0.4 is 10.6 Å². The summed E-state index contributed by atoms with van der Waals surface area (Å²) in [7, 11) is 0. The van der Waals surface area contributed by atoms with Crippen LogP contribution in [-0.4, -0.2) is 18.1 Å². The van der Waals surface area contributed by atoms with E-state index in [2.05, 4.69) is 35.5 Å². The second-order valence-electron chi connectivity index (χ2n) is 5.36. The van der Waals surface area contributed by atoms with Crippen molar-refractivity contribution in [1.82, 2.24) is 4.98 Å². The van der Waals surface area contributed by atoms with E-state index in [1.54, 1.807) is 0 Å². The molecule has 20 heavy (non-hydrogen) atoms. The molecule has 1 heterocycles. The first-order chi connectivity index (χ1) is 9.86. The molecule has 0 saturated carbocycles. The maximum Gasteiger partial charge on any atom is 0.126 e. The van der Waals surface area contributed by atoms with Crippen LogP contribution in [0.3, 0.4) is 0 Å². The van der Waals surface area contributed by atoms with Gasteiger partial charge in [-0.05, 0) is 25.5 Å². The molecule has 0 fully saturated rings. The van der Waals surface area contributed by atoms with Crippen molar-refractivity contribution in [1.29, 1.82) is 0 Å². The van der Waals surface area contributed by atoms with Crippen molar-refractivity contribution in [2.45, 2.75) is 65.2 Å². The molecule has 0 radical (unpaired) electrons. The van der Waals surface area contributed by atoms with Crippen molar-refractivity contribution in [3.05, 3.63) is 18.3 Å². The molecule has 2 N–H and O–H groups in total. The number of nitrogens with one attached hydrogen (secondary N) is 2. The van der Waals surface area contributed by atoms with E-state index in [0.29, 0.717) is 0 Å². The van der Waals surface area contributed by atoms with Crippen LogP contribution in [0.4, 0.5) is 11.5 Å². The van der Waals surface area contributed by atoms with Crippen molar-refractivity contribution in [3.8, 4) is 0 Å². The summed E-state index contributed by atoms with van der Waals surface area (Å²) in [6.45, 7) is 6.33. The van der Waals surface area contributed by atoms with Crippen LogP contribution in [0.25, 0.3) is 0 Å². The van der Waals surface area contributed by atoms with Crippen LogP contribution in [0.15, 0.2) is 18.3 Å². The molecule has 0 bridgehead atoms. The molecular formula is C17H31N3. The first-order valence-corrected chi connectivity index (χ1v) is 8.30. The molecule has 0 aromatic carbocycles. The molecule has 114 valence electrons. The molecule has 3 nitrogen and oxygen atoms in total. The van der Waals surface area contributed by atoms with Gasteiger partial charge in [0, 0.05) is 13.1 Å². The monoisotopic (exact) mass is 277 g/mol. The molecule has 1 rings (SSSR count). The fourth-order valence-electron chi connectivity index (χ4n) is 2.28. The number of nitrogens with zero attached hydrogens (tertiary/aromatic N) is 1. The van der Waals surface area contributed by atoms with Gasteiger partial charge in [0.05, 0.1) is 11.9 Å². The van der Waals surface area contributed by atoms with Gasteiger partial charge >= 0.3 is 0 Å². The maximum atomic E-state index is 4.39.